The van der Waals surface area contributed by atoms with Crippen molar-refractivity contribution in [3.63, 3.8) is 0 Å². The van der Waals surface area contributed by atoms with Crippen LogP contribution in [0.5, 0.6) is 0 Å². The molecule has 0 radical (unpaired) electrons. The Morgan fingerprint density at radius 1 is 1.22 bits per heavy atom. The molecule has 2 aliphatic rings. The number of nitrogens with one attached hydrogen (secondary N) is 1. The minimum Gasteiger partial charge on any atom is -0.444 e. The van der Waals surface area contributed by atoms with Gasteiger partial charge < -0.3 is 24.8 Å². The highest BCUT2D eigenvalue weighted by Gasteiger charge is 2.29. The summed E-state index contributed by atoms with van der Waals surface area (Å²) in [7, 11) is 0. The SMILES string of the molecule is CC(C)(C)OC(=O)N1CCN(c2cn(CC(=O)NCC(=O)N3CCC[C@H]3C#N)nn2)CC1. The molecule has 0 unspecified atom stereocenters. The van der Waals surface area contributed by atoms with Crippen LogP contribution in [0.1, 0.15) is 33.6 Å². The highest BCUT2D eigenvalue weighted by Crippen LogP contribution is 2.17. The number of likely N-dealkylation sites (tertiary alicyclic amines) is 1. The number of carbonyl (C=O) groups excluding carboxylic acids is 3. The van der Waals surface area contributed by atoms with Crippen molar-refractivity contribution in [2.75, 3.05) is 44.2 Å². The van der Waals surface area contributed by atoms with Crippen molar-refractivity contribution < 1.29 is 19.1 Å². The van der Waals surface area contributed by atoms with E-state index >= 15 is 0 Å². The Morgan fingerprint density at radius 2 is 1.94 bits per heavy atom. The van der Waals surface area contributed by atoms with E-state index in [-0.39, 0.29) is 31.0 Å². The Balaban J connectivity index is 1.43. The van der Waals surface area contributed by atoms with Crippen LogP contribution in [0, 0.1) is 11.3 Å². The van der Waals surface area contributed by atoms with Gasteiger partial charge in [0, 0.05) is 32.7 Å². The molecule has 12 heteroatoms. The summed E-state index contributed by atoms with van der Waals surface area (Å²) in [6.45, 7) is 7.99. The number of nitriles is 1. The van der Waals surface area contributed by atoms with Crippen LogP contribution in [0.4, 0.5) is 10.6 Å². The maximum Gasteiger partial charge on any atom is 0.410 e. The molecule has 0 aliphatic carbocycles. The molecular formula is C20H30N8O4. The van der Waals surface area contributed by atoms with Crippen molar-refractivity contribution in [3.8, 4) is 6.07 Å². The second-order valence-corrected chi connectivity index (χ2v) is 8.88. The third-order valence-electron chi connectivity index (χ3n) is 5.25. The quantitative estimate of drug-likeness (QED) is 0.666. The lowest BCUT2D eigenvalue weighted by Crippen LogP contribution is -2.50. The van der Waals surface area contributed by atoms with E-state index in [1.807, 2.05) is 25.7 Å². The van der Waals surface area contributed by atoms with Crippen molar-refractivity contribution >= 4 is 23.7 Å². The first-order valence-electron chi connectivity index (χ1n) is 10.7. The minimum atomic E-state index is -0.534. The number of hydrogen-bond donors (Lipinski definition) is 1. The summed E-state index contributed by atoms with van der Waals surface area (Å²) in [4.78, 5) is 41.7. The van der Waals surface area contributed by atoms with Gasteiger partial charge in [0.25, 0.3) is 0 Å². The van der Waals surface area contributed by atoms with Crippen molar-refractivity contribution in [3.05, 3.63) is 6.20 Å². The van der Waals surface area contributed by atoms with Gasteiger partial charge in [-0.25, -0.2) is 9.48 Å². The molecule has 3 amide bonds. The van der Waals surface area contributed by atoms with E-state index in [9.17, 15) is 14.4 Å². The van der Waals surface area contributed by atoms with E-state index in [1.165, 1.54) is 9.58 Å². The Hall–Kier alpha value is -3.36. The fourth-order valence-corrected chi connectivity index (χ4v) is 3.63. The van der Waals surface area contributed by atoms with E-state index in [0.717, 1.165) is 6.42 Å². The zero-order valence-electron chi connectivity index (χ0n) is 18.8. The first-order chi connectivity index (χ1) is 15.2. The molecule has 2 saturated heterocycles. The normalized spacial score (nSPS) is 18.9. The van der Waals surface area contributed by atoms with Gasteiger partial charge in [-0.15, -0.1) is 5.10 Å². The van der Waals surface area contributed by atoms with Crippen LogP contribution in [0.15, 0.2) is 6.20 Å². The Labute approximate surface area is 187 Å². The van der Waals surface area contributed by atoms with Crippen LogP contribution in [-0.2, 0) is 20.9 Å². The fraction of sp³-hybridized carbons (Fsp3) is 0.700. The average Bonchev–Trinajstić information content (AvgIpc) is 3.40. The van der Waals surface area contributed by atoms with Crippen LogP contribution >= 0.6 is 0 Å². The number of carbonyl (C=O) groups is 3. The Morgan fingerprint density at radius 3 is 2.59 bits per heavy atom. The smallest absolute Gasteiger partial charge is 0.410 e. The van der Waals surface area contributed by atoms with Crippen molar-refractivity contribution in [2.45, 2.75) is 51.8 Å². The molecule has 1 aromatic heterocycles. The monoisotopic (exact) mass is 446 g/mol. The predicted molar refractivity (Wildman–Crippen MR) is 113 cm³/mol. The number of rotatable bonds is 5. The molecule has 1 aromatic rings. The van der Waals surface area contributed by atoms with Gasteiger partial charge in [0.05, 0.1) is 18.8 Å². The number of nitrogens with zero attached hydrogens (tertiary/aromatic N) is 7. The van der Waals surface area contributed by atoms with Crippen LogP contribution < -0.4 is 10.2 Å². The predicted octanol–water partition coefficient (Wildman–Crippen LogP) is -0.0340. The topological polar surface area (TPSA) is 137 Å². The lowest BCUT2D eigenvalue weighted by Gasteiger charge is -2.35. The summed E-state index contributed by atoms with van der Waals surface area (Å²) >= 11 is 0. The molecule has 3 rings (SSSR count). The number of hydrogen-bond acceptors (Lipinski definition) is 8. The maximum atomic E-state index is 12.2. The van der Waals surface area contributed by atoms with Crippen LogP contribution in [-0.4, -0.2) is 93.6 Å². The molecule has 2 fully saturated rings. The average molecular weight is 447 g/mol. The summed E-state index contributed by atoms with van der Waals surface area (Å²) < 4.78 is 6.81. The number of ether oxygens (including phenoxy) is 1. The number of aromatic nitrogens is 3. The Bertz CT molecular complexity index is 879. The van der Waals surface area contributed by atoms with Crippen LogP contribution in [0.3, 0.4) is 0 Å². The van der Waals surface area contributed by atoms with E-state index in [2.05, 4.69) is 21.7 Å². The number of anilines is 1. The summed E-state index contributed by atoms with van der Waals surface area (Å²) in [6.07, 6.45) is 2.80. The van der Waals surface area contributed by atoms with E-state index in [0.29, 0.717) is 45.0 Å². The van der Waals surface area contributed by atoms with Crippen molar-refractivity contribution in [1.82, 2.24) is 30.1 Å². The first-order valence-corrected chi connectivity index (χ1v) is 10.7. The van der Waals surface area contributed by atoms with Crippen molar-refractivity contribution in [1.29, 1.82) is 5.26 Å². The molecule has 174 valence electrons. The van der Waals surface area contributed by atoms with Gasteiger partial charge in [0.2, 0.25) is 11.8 Å². The zero-order chi connectivity index (χ0) is 23.3. The highest BCUT2D eigenvalue weighted by molar-refractivity contribution is 5.85. The molecule has 0 aromatic carbocycles. The molecule has 1 N–H and O–H groups in total. The summed E-state index contributed by atoms with van der Waals surface area (Å²) in [5.41, 5.74) is -0.534. The molecular weight excluding hydrogens is 416 g/mol. The largest absolute Gasteiger partial charge is 0.444 e. The van der Waals surface area contributed by atoms with Crippen molar-refractivity contribution in [2.24, 2.45) is 0 Å². The fourth-order valence-electron chi connectivity index (χ4n) is 3.63. The molecule has 2 aliphatic heterocycles. The summed E-state index contributed by atoms with van der Waals surface area (Å²) in [5, 5.41) is 19.8. The molecule has 12 nitrogen and oxygen atoms in total. The molecule has 0 saturated carbocycles. The first kappa shape index (κ1) is 23.3. The van der Waals surface area contributed by atoms with Gasteiger partial charge in [-0.1, -0.05) is 5.21 Å². The van der Waals surface area contributed by atoms with E-state index in [4.69, 9.17) is 10.00 Å². The summed E-state index contributed by atoms with van der Waals surface area (Å²) in [6, 6.07) is 1.70. The second kappa shape index (κ2) is 9.84. The summed E-state index contributed by atoms with van der Waals surface area (Å²) in [5.74, 6) is -0.00608. The van der Waals surface area contributed by atoms with E-state index in [1.54, 1.807) is 11.1 Å². The lowest BCUT2D eigenvalue weighted by atomic mass is 10.2. The third kappa shape index (κ3) is 6.09. The zero-order valence-corrected chi connectivity index (χ0v) is 18.8. The second-order valence-electron chi connectivity index (χ2n) is 8.88. The highest BCUT2D eigenvalue weighted by atomic mass is 16.6. The number of amides is 3. The molecule has 32 heavy (non-hydrogen) atoms. The lowest BCUT2D eigenvalue weighted by molar-refractivity contribution is -0.133. The minimum absolute atomic E-state index is 0.0696. The number of piperazine rings is 1. The van der Waals surface area contributed by atoms with Gasteiger partial charge in [-0.2, -0.15) is 5.26 Å². The molecule has 0 spiro atoms. The van der Waals surface area contributed by atoms with Crippen LogP contribution in [0.25, 0.3) is 0 Å². The molecule has 1 atom stereocenters. The maximum absolute atomic E-state index is 12.2. The van der Waals surface area contributed by atoms with Crippen LogP contribution in [0.2, 0.25) is 0 Å². The molecule has 3 heterocycles. The third-order valence-corrected chi connectivity index (χ3v) is 5.25. The van der Waals surface area contributed by atoms with Gasteiger partial charge in [-0.05, 0) is 33.6 Å². The van der Waals surface area contributed by atoms with Gasteiger partial charge in [-0.3, -0.25) is 9.59 Å². The molecule has 0 bridgehead atoms. The van der Waals surface area contributed by atoms with Gasteiger partial charge in [0.1, 0.15) is 18.2 Å². The van der Waals surface area contributed by atoms with Gasteiger partial charge >= 0.3 is 6.09 Å². The van der Waals surface area contributed by atoms with Gasteiger partial charge in [0.15, 0.2) is 5.82 Å². The van der Waals surface area contributed by atoms with E-state index < -0.39 is 11.6 Å². The Kier molecular flexibility index (Phi) is 7.17. The standard InChI is InChI=1S/C20H30N8O4/c1-20(2,3)32-19(31)26-9-7-25(8-10-26)16-13-27(24-23-16)14-17(29)22-12-18(30)28-6-4-5-15(28)11-21/h13,15H,4-10,12,14H2,1-3H3,(H,22,29)/t15-/m0/s1.